The number of benzene rings is 1. The molecule has 88 valence electrons. The first kappa shape index (κ1) is 11.2. The molecule has 0 aliphatic carbocycles. The molecule has 0 amide bonds. The van der Waals surface area contributed by atoms with Gasteiger partial charge in [0.2, 0.25) is 0 Å². The van der Waals surface area contributed by atoms with E-state index < -0.39 is 12.1 Å². The molecule has 0 saturated heterocycles. The Morgan fingerprint density at radius 1 is 1.35 bits per heavy atom. The van der Waals surface area contributed by atoms with Crippen LogP contribution in [-0.4, -0.2) is 22.0 Å². The molecule has 1 aromatic rings. The largest absolute Gasteiger partial charge is 0.507 e. The van der Waals surface area contributed by atoms with Gasteiger partial charge in [-0.25, -0.2) is 4.79 Å². The fourth-order valence-corrected chi connectivity index (χ4v) is 1.69. The van der Waals surface area contributed by atoms with Crippen molar-refractivity contribution in [1.29, 1.82) is 0 Å². The zero-order valence-corrected chi connectivity index (χ0v) is 9.12. The number of hydrogen-bond donors (Lipinski definition) is 2. The van der Waals surface area contributed by atoms with Crippen LogP contribution < -0.4 is 0 Å². The van der Waals surface area contributed by atoms with Crippen molar-refractivity contribution in [2.45, 2.75) is 13.0 Å². The monoisotopic (exact) mass is 233 g/mol. The normalized spacial score (nSPS) is 20.6. The molecule has 0 radical (unpaired) electrons. The van der Waals surface area contributed by atoms with Gasteiger partial charge in [-0.05, 0) is 6.92 Å². The van der Waals surface area contributed by atoms with E-state index in [2.05, 4.69) is 5.16 Å². The molecule has 1 aliphatic rings. The van der Waals surface area contributed by atoms with Gasteiger partial charge in [0.25, 0.3) is 0 Å². The van der Waals surface area contributed by atoms with Crippen molar-refractivity contribution in [2.75, 3.05) is 0 Å². The van der Waals surface area contributed by atoms with E-state index in [4.69, 9.17) is 9.94 Å². The van der Waals surface area contributed by atoms with E-state index in [0.29, 0.717) is 5.56 Å². The van der Waals surface area contributed by atoms with Crippen LogP contribution in [0.15, 0.2) is 46.8 Å². The zero-order chi connectivity index (χ0) is 12.4. The minimum absolute atomic E-state index is 0.0333. The Labute approximate surface area is 97.6 Å². The van der Waals surface area contributed by atoms with Gasteiger partial charge in [-0.3, -0.25) is 0 Å². The Balaban J connectivity index is 2.42. The molecule has 1 aliphatic heterocycles. The first-order chi connectivity index (χ1) is 8.15. The number of nitrogens with zero attached hydrogens (tertiary/aromatic N) is 1. The number of carbonyl (C=O) groups is 1. The predicted molar refractivity (Wildman–Crippen MR) is 59.8 cm³/mol. The lowest BCUT2D eigenvalue weighted by Gasteiger charge is -2.09. The lowest BCUT2D eigenvalue weighted by Crippen LogP contribution is -2.07. The lowest BCUT2D eigenvalue weighted by atomic mass is 10.1. The van der Waals surface area contributed by atoms with Gasteiger partial charge in [-0.2, -0.15) is 0 Å². The number of esters is 1. The van der Waals surface area contributed by atoms with E-state index in [0.717, 1.165) is 0 Å². The van der Waals surface area contributed by atoms with Gasteiger partial charge in [-0.15, -0.1) is 0 Å². The van der Waals surface area contributed by atoms with Gasteiger partial charge in [-0.1, -0.05) is 35.5 Å². The van der Waals surface area contributed by atoms with Crippen molar-refractivity contribution in [3.8, 4) is 0 Å². The van der Waals surface area contributed by atoms with Crippen LogP contribution in [-0.2, 0) is 9.53 Å². The quantitative estimate of drug-likeness (QED) is 0.354. The van der Waals surface area contributed by atoms with Crippen LogP contribution in [0.5, 0.6) is 0 Å². The molecule has 2 N–H and O–H groups in total. The van der Waals surface area contributed by atoms with Crippen molar-refractivity contribution < 1.29 is 19.8 Å². The van der Waals surface area contributed by atoms with Gasteiger partial charge in [0.15, 0.2) is 11.9 Å². The summed E-state index contributed by atoms with van der Waals surface area (Å²) in [6, 6.07) is 8.86. The van der Waals surface area contributed by atoms with Crippen molar-refractivity contribution >= 4 is 11.7 Å². The summed E-state index contributed by atoms with van der Waals surface area (Å²) < 4.78 is 5.04. The third kappa shape index (κ3) is 1.87. The van der Waals surface area contributed by atoms with Crippen molar-refractivity contribution in [3.63, 3.8) is 0 Å². The highest BCUT2D eigenvalue weighted by molar-refractivity contribution is 6.20. The topological polar surface area (TPSA) is 79.1 Å². The van der Waals surface area contributed by atoms with Gasteiger partial charge in [0, 0.05) is 5.56 Å². The molecule has 0 spiro atoms. The third-order valence-corrected chi connectivity index (χ3v) is 2.55. The summed E-state index contributed by atoms with van der Waals surface area (Å²) >= 11 is 0. The molecule has 0 aromatic heterocycles. The Bertz CT molecular complexity index is 504. The summed E-state index contributed by atoms with van der Waals surface area (Å²) in [6.45, 7) is 1.42. The summed E-state index contributed by atoms with van der Waals surface area (Å²) in [5, 5.41) is 21.4. The number of hydrogen-bond acceptors (Lipinski definition) is 5. The van der Waals surface area contributed by atoms with Gasteiger partial charge in [0.1, 0.15) is 5.57 Å². The predicted octanol–water partition coefficient (Wildman–Crippen LogP) is 1.95. The highest BCUT2D eigenvalue weighted by Gasteiger charge is 2.36. The Kier molecular flexibility index (Phi) is 2.82. The van der Waals surface area contributed by atoms with E-state index in [1.54, 1.807) is 24.3 Å². The zero-order valence-electron chi connectivity index (χ0n) is 9.12. The van der Waals surface area contributed by atoms with Gasteiger partial charge >= 0.3 is 5.97 Å². The summed E-state index contributed by atoms with van der Waals surface area (Å²) in [5.74, 6) is -0.914. The van der Waals surface area contributed by atoms with Gasteiger partial charge in [0.05, 0.1) is 5.71 Å². The molecule has 1 atom stereocenters. The molecule has 1 aromatic carbocycles. The second kappa shape index (κ2) is 4.29. The Morgan fingerprint density at radius 3 is 2.59 bits per heavy atom. The number of oxime groups is 1. The minimum Gasteiger partial charge on any atom is -0.507 e. The smallest absolute Gasteiger partial charge is 0.344 e. The van der Waals surface area contributed by atoms with Crippen LogP contribution in [0.2, 0.25) is 0 Å². The van der Waals surface area contributed by atoms with Crippen molar-refractivity contribution in [3.05, 3.63) is 47.2 Å². The van der Waals surface area contributed by atoms with Crippen LogP contribution in [0.3, 0.4) is 0 Å². The lowest BCUT2D eigenvalue weighted by molar-refractivity contribution is -0.140. The number of cyclic esters (lactones) is 1. The molecule has 1 heterocycles. The average Bonchev–Trinajstić information content (AvgIpc) is 2.65. The van der Waals surface area contributed by atoms with Crippen molar-refractivity contribution in [1.82, 2.24) is 0 Å². The van der Waals surface area contributed by atoms with Crippen LogP contribution in [0.4, 0.5) is 0 Å². The Hall–Kier alpha value is -2.30. The summed E-state index contributed by atoms with van der Waals surface area (Å²) in [4.78, 5) is 11.5. The molecular weight excluding hydrogens is 222 g/mol. The summed E-state index contributed by atoms with van der Waals surface area (Å²) in [6.07, 6.45) is -0.824. The maximum absolute atomic E-state index is 11.5. The molecule has 5 heteroatoms. The van der Waals surface area contributed by atoms with Gasteiger partial charge < -0.3 is 15.1 Å². The first-order valence-electron chi connectivity index (χ1n) is 5.03. The van der Waals surface area contributed by atoms with E-state index in [1.165, 1.54) is 6.92 Å². The summed E-state index contributed by atoms with van der Waals surface area (Å²) in [7, 11) is 0. The highest BCUT2D eigenvalue weighted by atomic mass is 16.6. The van der Waals surface area contributed by atoms with Crippen LogP contribution in [0.1, 0.15) is 18.6 Å². The molecule has 17 heavy (non-hydrogen) atoms. The molecule has 0 saturated carbocycles. The van der Waals surface area contributed by atoms with Crippen molar-refractivity contribution in [2.24, 2.45) is 5.16 Å². The fourth-order valence-electron chi connectivity index (χ4n) is 1.69. The molecule has 5 nitrogen and oxygen atoms in total. The maximum atomic E-state index is 11.5. The first-order valence-corrected chi connectivity index (χ1v) is 5.03. The van der Waals surface area contributed by atoms with E-state index in [1.807, 2.05) is 6.07 Å². The number of aliphatic hydroxyl groups is 1. The molecule has 1 unspecified atom stereocenters. The highest BCUT2D eigenvalue weighted by Crippen LogP contribution is 2.33. The van der Waals surface area contributed by atoms with E-state index in [9.17, 15) is 9.90 Å². The van der Waals surface area contributed by atoms with E-state index >= 15 is 0 Å². The summed E-state index contributed by atoms with van der Waals surface area (Å²) in [5.41, 5.74) is 0.617. The SMILES string of the molecule is C/C(=N\O)C1=C(O)C(c2ccccc2)OC1=O. The van der Waals surface area contributed by atoms with E-state index in [-0.39, 0.29) is 17.0 Å². The fraction of sp³-hybridized carbons (Fsp3) is 0.167. The number of carbonyl (C=O) groups excluding carboxylic acids is 1. The maximum Gasteiger partial charge on any atom is 0.344 e. The second-order valence-corrected chi connectivity index (χ2v) is 3.64. The van der Waals surface area contributed by atoms with Crippen LogP contribution in [0, 0.1) is 0 Å². The molecule has 0 bridgehead atoms. The van der Waals surface area contributed by atoms with Crippen LogP contribution >= 0.6 is 0 Å². The average molecular weight is 233 g/mol. The Morgan fingerprint density at radius 2 is 2.00 bits per heavy atom. The number of rotatable bonds is 2. The molecule has 0 fully saturated rings. The van der Waals surface area contributed by atoms with Crippen LogP contribution in [0.25, 0.3) is 0 Å². The number of aliphatic hydroxyl groups excluding tert-OH is 1. The molecular formula is C12H11NO4. The standard InChI is InChI=1S/C12H11NO4/c1-7(13-16)9-10(14)11(17-12(9)15)8-5-3-2-4-6-8/h2-6,11,14,16H,1H3/b13-7+. The number of ether oxygens (including phenoxy) is 1. The second-order valence-electron chi connectivity index (χ2n) is 3.64. The molecule has 2 rings (SSSR count). The minimum atomic E-state index is -0.824. The third-order valence-electron chi connectivity index (χ3n) is 2.55.